The average molecular weight is 261 g/mol. The van der Waals surface area contributed by atoms with Crippen LogP contribution >= 0.6 is 0 Å². The van der Waals surface area contributed by atoms with Gasteiger partial charge in [-0.05, 0) is 17.0 Å². The molecule has 0 saturated carbocycles. The summed E-state index contributed by atoms with van der Waals surface area (Å²) in [4.78, 5) is 6.60. The van der Waals surface area contributed by atoms with E-state index < -0.39 is 0 Å². The minimum absolute atomic E-state index is 0.263. The van der Waals surface area contributed by atoms with Gasteiger partial charge in [0.2, 0.25) is 0 Å². The van der Waals surface area contributed by atoms with E-state index in [9.17, 15) is 0 Å². The van der Waals surface area contributed by atoms with Crippen molar-refractivity contribution in [1.29, 1.82) is 0 Å². The minimum atomic E-state index is 0.263. The number of rotatable bonds is 5. The molecule has 19 heavy (non-hydrogen) atoms. The van der Waals surface area contributed by atoms with E-state index in [1.54, 1.807) is 7.11 Å². The third kappa shape index (κ3) is 3.26. The second-order valence-electron chi connectivity index (χ2n) is 5.44. The van der Waals surface area contributed by atoms with E-state index in [0.717, 1.165) is 13.1 Å². The molecule has 1 aliphatic rings. The van der Waals surface area contributed by atoms with Gasteiger partial charge in [0.05, 0.1) is 19.2 Å². The van der Waals surface area contributed by atoms with Crippen LogP contribution in [0.1, 0.15) is 31.0 Å². The summed E-state index contributed by atoms with van der Waals surface area (Å²) in [5.41, 5.74) is 8.46. The van der Waals surface area contributed by atoms with Crippen LogP contribution in [0.15, 0.2) is 29.3 Å². The van der Waals surface area contributed by atoms with Gasteiger partial charge in [-0.3, -0.25) is 4.99 Å². The number of ether oxygens (including phenoxy) is 1. The van der Waals surface area contributed by atoms with Crippen molar-refractivity contribution in [3.63, 3.8) is 0 Å². The van der Waals surface area contributed by atoms with Gasteiger partial charge in [-0.1, -0.05) is 38.1 Å². The predicted octanol–water partition coefficient (Wildman–Crippen LogP) is 2.16. The molecule has 0 spiro atoms. The summed E-state index contributed by atoms with van der Waals surface area (Å²) in [5, 5.41) is 0. The molecule has 2 rings (SSSR count). The molecule has 1 unspecified atom stereocenters. The number of nitrogens with zero attached hydrogens (tertiary/aromatic N) is 2. The quantitative estimate of drug-likeness (QED) is 0.883. The van der Waals surface area contributed by atoms with E-state index in [4.69, 9.17) is 10.5 Å². The number of guanidine groups is 1. The van der Waals surface area contributed by atoms with Crippen LogP contribution in [0.25, 0.3) is 0 Å². The zero-order valence-corrected chi connectivity index (χ0v) is 12.0. The van der Waals surface area contributed by atoms with Crippen LogP contribution in [0, 0.1) is 5.92 Å². The molecule has 4 heteroatoms. The van der Waals surface area contributed by atoms with E-state index in [0.29, 0.717) is 18.5 Å². The Morgan fingerprint density at radius 2 is 2.26 bits per heavy atom. The lowest BCUT2D eigenvalue weighted by atomic mass is 10.0. The Labute approximate surface area is 115 Å². The summed E-state index contributed by atoms with van der Waals surface area (Å²) in [5.74, 6) is 1.23. The highest BCUT2D eigenvalue weighted by atomic mass is 16.5. The lowest BCUT2D eigenvalue weighted by Gasteiger charge is -2.28. The molecule has 1 atom stereocenters. The number of benzene rings is 1. The average Bonchev–Trinajstić information content (AvgIpc) is 2.71. The van der Waals surface area contributed by atoms with Gasteiger partial charge in [-0.15, -0.1) is 0 Å². The Morgan fingerprint density at radius 3 is 2.95 bits per heavy atom. The van der Waals surface area contributed by atoms with Crippen LogP contribution in [0.4, 0.5) is 0 Å². The fraction of sp³-hybridized carbons (Fsp3) is 0.533. The third-order valence-corrected chi connectivity index (χ3v) is 3.31. The first kappa shape index (κ1) is 13.9. The summed E-state index contributed by atoms with van der Waals surface area (Å²) in [6.45, 7) is 6.72. The Bertz CT molecular complexity index is 456. The maximum atomic E-state index is 6.00. The number of hydrogen-bond donors (Lipinski definition) is 1. The first-order chi connectivity index (χ1) is 9.11. The van der Waals surface area contributed by atoms with Crippen LogP contribution in [-0.4, -0.2) is 31.1 Å². The molecule has 4 nitrogen and oxygen atoms in total. The van der Waals surface area contributed by atoms with Crippen LogP contribution in [0.3, 0.4) is 0 Å². The normalized spacial score (nSPS) is 19.1. The number of nitrogens with two attached hydrogens (primary N) is 1. The smallest absolute Gasteiger partial charge is 0.191 e. The van der Waals surface area contributed by atoms with E-state index in [2.05, 4.69) is 48.0 Å². The fourth-order valence-electron chi connectivity index (χ4n) is 2.49. The molecule has 0 saturated heterocycles. The van der Waals surface area contributed by atoms with Crippen molar-refractivity contribution in [3.8, 4) is 0 Å². The van der Waals surface area contributed by atoms with Crippen molar-refractivity contribution in [2.75, 3.05) is 20.2 Å². The molecule has 0 fully saturated rings. The van der Waals surface area contributed by atoms with E-state index in [1.165, 1.54) is 11.1 Å². The maximum Gasteiger partial charge on any atom is 0.191 e. The molecule has 0 bridgehead atoms. The molecular formula is C15H23N3O. The van der Waals surface area contributed by atoms with Crippen molar-refractivity contribution in [3.05, 3.63) is 35.4 Å². The molecule has 1 aromatic rings. The molecule has 0 amide bonds. The summed E-state index contributed by atoms with van der Waals surface area (Å²) in [6, 6.07) is 8.75. The van der Waals surface area contributed by atoms with Gasteiger partial charge >= 0.3 is 0 Å². The largest absolute Gasteiger partial charge is 0.380 e. The Balaban J connectivity index is 2.18. The zero-order valence-electron chi connectivity index (χ0n) is 12.0. The highest BCUT2D eigenvalue weighted by molar-refractivity contribution is 5.80. The number of methoxy groups -OCH3 is 1. The second kappa shape index (κ2) is 6.06. The van der Waals surface area contributed by atoms with Crippen molar-refractivity contribution in [1.82, 2.24) is 4.90 Å². The van der Waals surface area contributed by atoms with Crippen LogP contribution in [-0.2, 0) is 11.3 Å². The van der Waals surface area contributed by atoms with Crippen LogP contribution < -0.4 is 5.73 Å². The summed E-state index contributed by atoms with van der Waals surface area (Å²) in [6.07, 6.45) is 0. The van der Waals surface area contributed by atoms with Crippen molar-refractivity contribution in [2.45, 2.75) is 26.5 Å². The number of hydrogen-bond acceptors (Lipinski definition) is 4. The Kier molecular flexibility index (Phi) is 4.43. The Hall–Kier alpha value is -1.55. The standard InChI is InChI=1S/C15H23N3O/c1-11(2)9-18-14(8-17-15(18)16)13-6-4-5-12(7-13)10-19-3/h4-7,11,14H,8-10H2,1-3H3,(H2,16,17). The van der Waals surface area contributed by atoms with Gasteiger partial charge in [0.15, 0.2) is 5.96 Å². The molecular weight excluding hydrogens is 238 g/mol. The second-order valence-corrected chi connectivity index (χ2v) is 5.44. The van der Waals surface area contributed by atoms with E-state index >= 15 is 0 Å². The van der Waals surface area contributed by atoms with Gasteiger partial charge in [0.1, 0.15) is 0 Å². The zero-order chi connectivity index (χ0) is 13.8. The van der Waals surface area contributed by atoms with E-state index in [-0.39, 0.29) is 6.04 Å². The van der Waals surface area contributed by atoms with Crippen molar-refractivity contribution < 1.29 is 4.74 Å². The molecule has 0 aromatic heterocycles. The maximum absolute atomic E-state index is 6.00. The Morgan fingerprint density at radius 1 is 1.47 bits per heavy atom. The predicted molar refractivity (Wildman–Crippen MR) is 77.9 cm³/mol. The third-order valence-electron chi connectivity index (χ3n) is 3.31. The SMILES string of the molecule is COCc1cccc(C2CN=C(N)N2CC(C)C)c1. The highest BCUT2D eigenvalue weighted by Gasteiger charge is 2.27. The first-order valence-electron chi connectivity index (χ1n) is 6.76. The van der Waals surface area contributed by atoms with Gasteiger partial charge in [0, 0.05) is 13.7 Å². The molecule has 1 aromatic carbocycles. The van der Waals surface area contributed by atoms with Gasteiger partial charge < -0.3 is 15.4 Å². The lowest BCUT2D eigenvalue weighted by Crippen LogP contribution is -2.38. The van der Waals surface area contributed by atoms with Gasteiger partial charge in [-0.2, -0.15) is 0 Å². The topological polar surface area (TPSA) is 50.9 Å². The van der Waals surface area contributed by atoms with Gasteiger partial charge in [-0.25, -0.2) is 0 Å². The molecule has 0 aliphatic carbocycles. The van der Waals surface area contributed by atoms with Crippen molar-refractivity contribution >= 4 is 5.96 Å². The fourth-order valence-corrected chi connectivity index (χ4v) is 2.49. The van der Waals surface area contributed by atoms with Crippen LogP contribution in [0.5, 0.6) is 0 Å². The minimum Gasteiger partial charge on any atom is -0.380 e. The monoisotopic (exact) mass is 261 g/mol. The van der Waals surface area contributed by atoms with Crippen LogP contribution in [0.2, 0.25) is 0 Å². The highest BCUT2D eigenvalue weighted by Crippen LogP contribution is 2.27. The molecule has 2 N–H and O–H groups in total. The molecule has 104 valence electrons. The van der Waals surface area contributed by atoms with E-state index in [1.807, 2.05) is 0 Å². The summed E-state index contributed by atoms with van der Waals surface area (Å²) >= 11 is 0. The molecule has 1 heterocycles. The summed E-state index contributed by atoms with van der Waals surface area (Å²) in [7, 11) is 1.72. The number of aliphatic imine (C=N–C) groups is 1. The molecule has 1 aliphatic heterocycles. The van der Waals surface area contributed by atoms with Crippen molar-refractivity contribution in [2.24, 2.45) is 16.6 Å². The molecule has 0 radical (unpaired) electrons. The lowest BCUT2D eigenvalue weighted by molar-refractivity contribution is 0.184. The summed E-state index contributed by atoms with van der Waals surface area (Å²) < 4.78 is 5.19. The first-order valence-corrected chi connectivity index (χ1v) is 6.76. The van der Waals surface area contributed by atoms with Gasteiger partial charge in [0.25, 0.3) is 0 Å².